The molecular weight excluding hydrogens is 238 g/mol. The Labute approximate surface area is 108 Å². The lowest BCUT2D eigenvalue weighted by Crippen LogP contribution is -2.26. The Morgan fingerprint density at radius 2 is 2.24 bits per heavy atom. The van der Waals surface area contributed by atoms with Gasteiger partial charge in [-0.05, 0) is 37.1 Å². The van der Waals surface area contributed by atoms with E-state index in [9.17, 15) is 4.79 Å². The number of piperidine rings is 1. The molecule has 1 aliphatic heterocycles. The van der Waals surface area contributed by atoms with Crippen LogP contribution < -0.4 is 10.1 Å². The third-order valence-electron chi connectivity index (χ3n) is 2.83. The number of hydrogen-bond acceptors (Lipinski definition) is 3. The van der Waals surface area contributed by atoms with Crippen LogP contribution in [0.3, 0.4) is 0 Å². The lowest BCUT2D eigenvalue weighted by Gasteiger charge is -2.24. The zero-order chi connectivity index (χ0) is 11.4. The molecule has 3 nitrogen and oxygen atoms in total. The molecule has 1 aromatic carbocycles. The van der Waals surface area contributed by atoms with Gasteiger partial charge in [-0.25, -0.2) is 0 Å². The van der Waals surface area contributed by atoms with Crippen molar-refractivity contribution in [3.63, 3.8) is 0 Å². The largest absolute Gasteiger partial charge is 0.427 e. The van der Waals surface area contributed by atoms with Gasteiger partial charge < -0.3 is 10.1 Å². The third-order valence-corrected chi connectivity index (χ3v) is 2.83. The molecule has 0 bridgehead atoms. The van der Waals surface area contributed by atoms with Gasteiger partial charge in [0.25, 0.3) is 0 Å². The van der Waals surface area contributed by atoms with Gasteiger partial charge in [0.2, 0.25) is 0 Å². The van der Waals surface area contributed by atoms with Crippen molar-refractivity contribution < 1.29 is 9.53 Å². The summed E-state index contributed by atoms with van der Waals surface area (Å²) < 4.78 is 5.08. The normalized spacial score (nSPS) is 19.2. The minimum atomic E-state index is -0.270. The van der Waals surface area contributed by atoms with E-state index in [1.165, 1.54) is 25.3 Å². The summed E-state index contributed by atoms with van der Waals surface area (Å²) in [6.45, 7) is 2.49. The number of benzene rings is 1. The molecule has 0 aromatic heterocycles. The van der Waals surface area contributed by atoms with Crippen LogP contribution in [-0.2, 0) is 4.79 Å². The highest BCUT2D eigenvalue weighted by molar-refractivity contribution is 5.85. The van der Waals surface area contributed by atoms with E-state index < -0.39 is 0 Å². The molecule has 0 radical (unpaired) electrons. The van der Waals surface area contributed by atoms with Gasteiger partial charge in [-0.15, -0.1) is 12.4 Å². The Morgan fingerprint density at radius 1 is 1.41 bits per heavy atom. The maximum atomic E-state index is 10.9. The number of hydrogen-bond donors (Lipinski definition) is 1. The number of carbonyl (C=O) groups excluding carboxylic acids is 1. The van der Waals surface area contributed by atoms with Crippen LogP contribution in [0.25, 0.3) is 0 Å². The lowest BCUT2D eigenvalue weighted by molar-refractivity contribution is -0.131. The second-order valence-corrected chi connectivity index (χ2v) is 4.17. The monoisotopic (exact) mass is 255 g/mol. The van der Waals surface area contributed by atoms with Gasteiger partial charge >= 0.3 is 5.97 Å². The van der Waals surface area contributed by atoms with E-state index in [1.54, 1.807) is 0 Å². The van der Waals surface area contributed by atoms with Crippen molar-refractivity contribution in [1.82, 2.24) is 5.32 Å². The van der Waals surface area contributed by atoms with E-state index in [0.29, 0.717) is 11.8 Å². The van der Waals surface area contributed by atoms with Gasteiger partial charge in [0, 0.05) is 13.0 Å². The predicted octanol–water partition coefficient (Wildman–Crippen LogP) is 2.85. The van der Waals surface area contributed by atoms with E-state index in [2.05, 4.69) is 11.4 Å². The molecule has 94 valence electrons. The minimum Gasteiger partial charge on any atom is -0.427 e. The average Bonchev–Trinajstić information content (AvgIpc) is 2.30. The molecule has 0 spiro atoms. The summed E-state index contributed by atoms with van der Waals surface area (Å²) >= 11 is 0. The second-order valence-electron chi connectivity index (χ2n) is 4.17. The van der Waals surface area contributed by atoms with E-state index in [4.69, 9.17) is 4.74 Å². The molecule has 1 aromatic rings. The van der Waals surface area contributed by atoms with Crippen LogP contribution in [0.5, 0.6) is 5.75 Å². The molecule has 17 heavy (non-hydrogen) atoms. The summed E-state index contributed by atoms with van der Waals surface area (Å²) in [6.07, 6.45) is 3.67. The van der Waals surface area contributed by atoms with Crippen LogP contribution in [0.4, 0.5) is 0 Å². The zero-order valence-electron chi connectivity index (χ0n) is 9.94. The first-order chi connectivity index (χ1) is 7.75. The quantitative estimate of drug-likeness (QED) is 0.652. The molecular formula is C13H18ClNO2. The molecule has 1 heterocycles. The maximum Gasteiger partial charge on any atom is 0.308 e. The fourth-order valence-corrected chi connectivity index (χ4v) is 2.10. The first kappa shape index (κ1) is 14.0. The molecule has 1 fully saturated rings. The Hall–Kier alpha value is -1.06. The van der Waals surface area contributed by atoms with Crippen molar-refractivity contribution in [3.8, 4) is 5.75 Å². The van der Waals surface area contributed by atoms with Crippen molar-refractivity contribution in [1.29, 1.82) is 0 Å². The molecule has 1 N–H and O–H groups in total. The van der Waals surface area contributed by atoms with Crippen LogP contribution in [0.15, 0.2) is 24.3 Å². The third kappa shape index (κ3) is 4.02. The van der Waals surface area contributed by atoms with E-state index in [0.717, 1.165) is 13.0 Å². The summed E-state index contributed by atoms with van der Waals surface area (Å²) in [7, 11) is 0. The van der Waals surface area contributed by atoms with Gasteiger partial charge in [0.1, 0.15) is 5.75 Å². The standard InChI is InChI=1S/C13H17NO2.ClH/c1-10(15)16-12-6-4-5-11(9-12)13-7-2-3-8-14-13;/h4-6,9,13-14H,2-3,7-8H2,1H3;1H/t13-;/m0./s1. The second kappa shape index (κ2) is 6.62. The van der Waals surface area contributed by atoms with Crippen LogP contribution in [0.1, 0.15) is 37.8 Å². The number of carbonyl (C=O) groups is 1. The minimum absolute atomic E-state index is 0. The fraction of sp³-hybridized carbons (Fsp3) is 0.462. The van der Waals surface area contributed by atoms with Crippen LogP contribution in [0, 0.1) is 0 Å². The van der Waals surface area contributed by atoms with Gasteiger partial charge in [-0.1, -0.05) is 18.6 Å². The average molecular weight is 256 g/mol. The Bertz CT molecular complexity index is 375. The Balaban J connectivity index is 0.00000144. The number of ether oxygens (including phenoxy) is 1. The van der Waals surface area contributed by atoms with Crippen molar-refractivity contribution >= 4 is 18.4 Å². The highest BCUT2D eigenvalue weighted by Gasteiger charge is 2.14. The Kier molecular flexibility index (Phi) is 5.45. The van der Waals surface area contributed by atoms with Gasteiger partial charge in [0.05, 0.1) is 0 Å². The molecule has 1 saturated heterocycles. The van der Waals surface area contributed by atoms with Crippen LogP contribution in [0.2, 0.25) is 0 Å². The lowest BCUT2D eigenvalue weighted by atomic mass is 9.97. The predicted molar refractivity (Wildman–Crippen MR) is 69.6 cm³/mol. The van der Waals surface area contributed by atoms with Crippen molar-refractivity contribution in [3.05, 3.63) is 29.8 Å². The summed E-state index contributed by atoms with van der Waals surface area (Å²) in [4.78, 5) is 10.9. The first-order valence-corrected chi connectivity index (χ1v) is 5.77. The molecule has 1 atom stereocenters. The first-order valence-electron chi connectivity index (χ1n) is 5.77. The van der Waals surface area contributed by atoms with Crippen molar-refractivity contribution in [2.45, 2.75) is 32.2 Å². The number of esters is 1. The van der Waals surface area contributed by atoms with Gasteiger partial charge in [-0.3, -0.25) is 4.79 Å². The summed E-state index contributed by atoms with van der Waals surface area (Å²) in [6, 6.07) is 8.18. The molecule has 1 aliphatic rings. The highest BCUT2D eigenvalue weighted by Crippen LogP contribution is 2.25. The summed E-state index contributed by atoms with van der Waals surface area (Å²) in [5.41, 5.74) is 1.21. The zero-order valence-corrected chi connectivity index (χ0v) is 10.8. The summed E-state index contributed by atoms with van der Waals surface area (Å²) in [5.74, 6) is 0.367. The molecule has 0 amide bonds. The molecule has 0 aliphatic carbocycles. The fourth-order valence-electron chi connectivity index (χ4n) is 2.10. The number of rotatable bonds is 2. The topological polar surface area (TPSA) is 38.3 Å². The van der Waals surface area contributed by atoms with Gasteiger partial charge in [-0.2, -0.15) is 0 Å². The molecule has 2 rings (SSSR count). The van der Waals surface area contributed by atoms with Crippen LogP contribution in [-0.4, -0.2) is 12.5 Å². The van der Waals surface area contributed by atoms with Crippen molar-refractivity contribution in [2.24, 2.45) is 0 Å². The SMILES string of the molecule is CC(=O)Oc1cccc([C@@H]2CCCCN2)c1.Cl. The number of halogens is 1. The van der Waals surface area contributed by atoms with E-state index in [1.807, 2.05) is 18.2 Å². The molecule has 4 heteroatoms. The Morgan fingerprint density at radius 3 is 2.88 bits per heavy atom. The molecule has 0 unspecified atom stereocenters. The van der Waals surface area contributed by atoms with E-state index in [-0.39, 0.29) is 18.4 Å². The highest BCUT2D eigenvalue weighted by atomic mass is 35.5. The number of nitrogens with one attached hydrogen (secondary N) is 1. The van der Waals surface area contributed by atoms with Crippen molar-refractivity contribution in [2.75, 3.05) is 6.54 Å². The van der Waals surface area contributed by atoms with Crippen LogP contribution >= 0.6 is 12.4 Å². The summed E-state index contributed by atoms with van der Waals surface area (Å²) in [5, 5.41) is 3.48. The smallest absolute Gasteiger partial charge is 0.308 e. The maximum absolute atomic E-state index is 10.9. The van der Waals surface area contributed by atoms with E-state index >= 15 is 0 Å². The van der Waals surface area contributed by atoms with Gasteiger partial charge in [0.15, 0.2) is 0 Å². The molecule has 0 saturated carbocycles.